The van der Waals surface area contributed by atoms with Crippen molar-refractivity contribution < 1.29 is 19.4 Å². The standard InChI is InChI=1S/C23H22N4O5.C2H6/c24-12-1-2-18-13(7-12)15(9-26-3-5-31-6-4-26)16-10-27-19(20(16)25-18)8-14-17(22(27)29)11-32-23(30)21(14)28;1-2/h1-2,7-8,21,28H,3-6,9-11,24H2;1-2H3. The minimum absolute atomic E-state index is 0.132. The van der Waals surface area contributed by atoms with Crippen molar-refractivity contribution in [2.24, 2.45) is 0 Å². The normalized spacial score (nSPS) is 19.0. The van der Waals surface area contributed by atoms with Crippen molar-refractivity contribution >= 4 is 22.6 Å². The number of anilines is 1. The summed E-state index contributed by atoms with van der Waals surface area (Å²) in [5.74, 6) is -0.741. The summed E-state index contributed by atoms with van der Waals surface area (Å²) in [4.78, 5) is 32.3. The van der Waals surface area contributed by atoms with Gasteiger partial charge in [-0.05, 0) is 29.8 Å². The molecule has 0 bridgehead atoms. The number of nitrogens with two attached hydrogens (primary N) is 1. The third-order valence-electron chi connectivity index (χ3n) is 6.58. The van der Waals surface area contributed by atoms with E-state index in [1.165, 1.54) is 0 Å². The maximum absolute atomic E-state index is 13.3. The predicted octanol–water partition coefficient (Wildman–Crippen LogP) is 1.96. The minimum atomic E-state index is -1.46. The number of nitrogen functional groups attached to an aromatic ring is 1. The molecule has 1 unspecified atom stereocenters. The van der Waals surface area contributed by atoms with Gasteiger partial charge in [-0.2, -0.15) is 0 Å². The molecule has 3 N–H and O–H groups in total. The molecule has 1 aromatic carbocycles. The zero-order chi connectivity index (χ0) is 24.0. The molecule has 1 saturated heterocycles. The first kappa shape index (κ1) is 22.5. The second kappa shape index (κ2) is 8.83. The Balaban J connectivity index is 0.00000117. The zero-order valence-electron chi connectivity index (χ0n) is 19.3. The Morgan fingerprint density at radius 2 is 1.91 bits per heavy atom. The smallest absolute Gasteiger partial charge is 0.340 e. The van der Waals surface area contributed by atoms with E-state index in [0.29, 0.717) is 54.5 Å². The van der Waals surface area contributed by atoms with E-state index < -0.39 is 12.1 Å². The number of nitrogens with zero attached hydrogens (tertiary/aromatic N) is 3. The minimum Gasteiger partial charge on any atom is -0.458 e. The number of carbonyl (C=O) groups is 1. The Hall–Kier alpha value is -3.27. The second-order valence-corrected chi connectivity index (χ2v) is 8.45. The Morgan fingerprint density at radius 1 is 1.15 bits per heavy atom. The van der Waals surface area contributed by atoms with Crippen molar-refractivity contribution in [3.63, 3.8) is 0 Å². The molecule has 6 rings (SSSR count). The van der Waals surface area contributed by atoms with Gasteiger partial charge in [0.1, 0.15) is 6.61 Å². The van der Waals surface area contributed by atoms with Gasteiger partial charge in [-0.15, -0.1) is 0 Å². The molecule has 0 saturated carbocycles. The summed E-state index contributed by atoms with van der Waals surface area (Å²) in [6.07, 6.45) is -1.46. The average Bonchev–Trinajstić information content (AvgIpc) is 3.23. The lowest BCUT2D eigenvalue weighted by Crippen LogP contribution is -2.36. The number of hydrogen-bond acceptors (Lipinski definition) is 8. The van der Waals surface area contributed by atoms with Crippen LogP contribution in [-0.4, -0.2) is 51.8 Å². The molecule has 9 heteroatoms. The van der Waals surface area contributed by atoms with Gasteiger partial charge >= 0.3 is 5.97 Å². The summed E-state index contributed by atoms with van der Waals surface area (Å²) in [6, 6.07) is 7.35. The average molecular weight is 465 g/mol. The number of fused-ring (bicyclic) bond motifs is 5. The van der Waals surface area contributed by atoms with Gasteiger partial charge in [0.2, 0.25) is 0 Å². The number of esters is 1. The fourth-order valence-corrected chi connectivity index (χ4v) is 4.89. The van der Waals surface area contributed by atoms with Crippen LogP contribution in [0.2, 0.25) is 0 Å². The first-order valence-corrected chi connectivity index (χ1v) is 11.6. The third-order valence-corrected chi connectivity index (χ3v) is 6.58. The van der Waals surface area contributed by atoms with Gasteiger partial charge in [-0.3, -0.25) is 9.69 Å². The molecule has 34 heavy (non-hydrogen) atoms. The first-order valence-electron chi connectivity index (χ1n) is 11.6. The lowest BCUT2D eigenvalue weighted by atomic mass is 9.98. The Bertz CT molecular complexity index is 1340. The molecule has 0 radical (unpaired) electrons. The van der Waals surface area contributed by atoms with Crippen LogP contribution in [0.4, 0.5) is 5.69 Å². The number of cyclic esters (lactones) is 1. The Kier molecular flexibility index (Phi) is 5.85. The molecule has 2 aromatic heterocycles. The van der Waals surface area contributed by atoms with Gasteiger partial charge in [0, 0.05) is 41.8 Å². The summed E-state index contributed by atoms with van der Waals surface area (Å²) < 4.78 is 12.1. The third kappa shape index (κ3) is 3.56. The molecule has 178 valence electrons. The highest BCUT2D eigenvalue weighted by molar-refractivity contribution is 5.90. The summed E-state index contributed by atoms with van der Waals surface area (Å²) >= 11 is 0. The molecule has 1 fully saturated rings. The van der Waals surface area contributed by atoms with E-state index in [2.05, 4.69) is 4.90 Å². The first-order chi connectivity index (χ1) is 16.5. The van der Waals surface area contributed by atoms with Crippen LogP contribution in [-0.2, 0) is 34.0 Å². The topological polar surface area (TPSA) is 120 Å². The van der Waals surface area contributed by atoms with E-state index in [-0.39, 0.29) is 12.2 Å². The number of rotatable bonds is 2. The van der Waals surface area contributed by atoms with Crippen molar-refractivity contribution in [1.82, 2.24) is 14.5 Å². The van der Waals surface area contributed by atoms with Crippen LogP contribution in [0.1, 0.15) is 42.2 Å². The summed E-state index contributed by atoms with van der Waals surface area (Å²) in [7, 11) is 0. The van der Waals surface area contributed by atoms with E-state index >= 15 is 0 Å². The highest BCUT2D eigenvalue weighted by Crippen LogP contribution is 2.38. The molecular weight excluding hydrogens is 436 g/mol. The summed E-state index contributed by atoms with van der Waals surface area (Å²) in [5.41, 5.74) is 11.3. The van der Waals surface area contributed by atoms with Crippen molar-refractivity contribution in [3.8, 4) is 11.4 Å². The van der Waals surface area contributed by atoms with Crippen molar-refractivity contribution in [1.29, 1.82) is 0 Å². The van der Waals surface area contributed by atoms with Gasteiger partial charge in [-0.25, -0.2) is 9.78 Å². The molecule has 0 aliphatic carbocycles. The number of ether oxygens (including phenoxy) is 2. The monoisotopic (exact) mass is 464 g/mol. The summed E-state index contributed by atoms with van der Waals surface area (Å²) in [6.45, 7) is 7.96. The fraction of sp³-hybridized carbons (Fsp3) is 0.400. The number of pyridine rings is 2. The van der Waals surface area contributed by atoms with Crippen LogP contribution >= 0.6 is 0 Å². The van der Waals surface area contributed by atoms with Crippen molar-refractivity contribution in [3.05, 3.63) is 56.9 Å². The number of aliphatic hydroxyl groups is 1. The number of hydrogen-bond donors (Lipinski definition) is 2. The highest BCUT2D eigenvalue weighted by Gasteiger charge is 2.35. The van der Waals surface area contributed by atoms with E-state index in [1.807, 2.05) is 32.0 Å². The number of aliphatic hydroxyl groups excluding tert-OH is 1. The largest absolute Gasteiger partial charge is 0.458 e. The predicted molar refractivity (Wildman–Crippen MR) is 127 cm³/mol. The van der Waals surface area contributed by atoms with Gasteiger partial charge in [0.15, 0.2) is 6.10 Å². The number of aromatic nitrogens is 2. The van der Waals surface area contributed by atoms with Crippen molar-refractivity contribution in [2.75, 3.05) is 32.0 Å². The molecule has 3 aliphatic rings. The lowest BCUT2D eigenvalue weighted by molar-refractivity contribution is -0.157. The summed E-state index contributed by atoms with van der Waals surface area (Å²) in [5, 5.41) is 11.3. The Labute approximate surface area is 196 Å². The molecule has 3 aromatic rings. The van der Waals surface area contributed by atoms with Crippen LogP contribution in [0, 0.1) is 0 Å². The highest BCUT2D eigenvalue weighted by atomic mass is 16.5. The van der Waals surface area contributed by atoms with Gasteiger partial charge in [0.25, 0.3) is 5.56 Å². The molecule has 0 amide bonds. The second-order valence-electron chi connectivity index (χ2n) is 8.45. The van der Waals surface area contributed by atoms with E-state index in [1.54, 1.807) is 10.6 Å². The molecule has 5 heterocycles. The molecule has 0 spiro atoms. The quantitative estimate of drug-likeness (QED) is 0.341. The number of morpholine rings is 1. The van der Waals surface area contributed by atoms with Gasteiger partial charge in [-0.1, -0.05) is 13.8 Å². The van der Waals surface area contributed by atoms with Gasteiger partial charge < -0.3 is 24.9 Å². The van der Waals surface area contributed by atoms with Crippen LogP contribution in [0.15, 0.2) is 29.1 Å². The van der Waals surface area contributed by atoms with Gasteiger partial charge in [0.05, 0.1) is 42.2 Å². The van der Waals surface area contributed by atoms with E-state index in [9.17, 15) is 14.7 Å². The number of carbonyl (C=O) groups excluding carboxylic acids is 1. The molecule has 1 atom stereocenters. The molecular formula is C25H28N4O5. The fourth-order valence-electron chi connectivity index (χ4n) is 4.89. The van der Waals surface area contributed by atoms with Crippen LogP contribution in [0.25, 0.3) is 22.3 Å². The maximum Gasteiger partial charge on any atom is 0.340 e. The van der Waals surface area contributed by atoms with E-state index in [4.69, 9.17) is 20.2 Å². The van der Waals surface area contributed by atoms with Crippen LogP contribution < -0.4 is 11.3 Å². The SMILES string of the molecule is CC.Nc1ccc2nc3c(c(CN4CCOCC4)c2c1)Cn1c-3cc2c(c1=O)COC(=O)C2O. The molecule has 9 nitrogen and oxygen atoms in total. The van der Waals surface area contributed by atoms with Crippen LogP contribution in [0.5, 0.6) is 0 Å². The molecule has 3 aliphatic heterocycles. The number of benzene rings is 1. The van der Waals surface area contributed by atoms with Crippen molar-refractivity contribution in [2.45, 2.75) is 39.6 Å². The zero-order valence-corrected chi connectivity index (χ0v) is 19.3. The maximum atomic E-state index is 13.3. The van der Waals surface area contributed by atoms with E-state index in [0.717, 1.165) is 35.1 Å². The Morgan fingerprint density at radius 3 is 2.68 bits per heavy atom. The lowest BCUT2D eigenvalue weighted by Gasteiger charge is -2.28. The van der Waals surface area contributed by atoms with Crippen LogP contribution in [0.3, 0.4) is 0 Å².